The SMILES string of the molecule is CCCCCC(C)(NC1CCCCCC1)C(=O)OCC. The minimum absolute atomic E-state index is 0.0691. The number of ether oxygens (including phenoxy) is 1. The standard InChI is InChI=1S/C17H33NO2/c1-4-6-11-14-17(3,16(19)20-5-2)18-15-12-9-7-8-10-13-15/h15,18H,4-14H2,1-3H3. The fourth-order valence-electron chi connectivity index (χ4n) is 3.13. The minimum Gasteiger partial charge on any atom is -0.465 e. The molecule has 0 bridgehead atoms. The maximum absolute atomic E-state index is 12.3. The smallest absolute Gasteiger partial charge is 0.326 e. The number of hydrogen-bond acceptors (Lipinski definition) is 3. The van der Waals surface area contributed by atoms with Crippen LogP contribution in [-0.2, 0) is 9.53 Å². The molecule has 0 spiro atoms. The van der Waals surface area contributed by atoms with Gasteiger partial charge in [-0.1, -0.05) is 51.9 Å². The number of carbonyl (C=O) groups is 1. The van der Waals surface area contributed by atoms with Crippen LogP contribution >= 0.6 is 0 Å². The molecule has 0 aliphatic heterocycles. The molecule has 1 fully saturated rings. The van der Waals surface area contributed by atoms with E-state index in [1.807, 2.05) is 13.8 Å². The maximum Gasteiger partial charge on any atom is 0.326 e. The topological polar surface area (TPSA) is 38.3 Å². The number of carbonyl (C=O) groups excluding carboxylic acids is 1. The normalized spacial score (nSPS) is 20.1. The third kappa shape index (κ3) is 5.82. The summed E-state index contributed by atoms with van der Waals surface area (Å²) in [6, 6.07) is 0.480. The molecule has 1 unspecified atom stereocenters. The number of nitrogens with one attached hydrogen (secondary N) is 1. The van der Waals surface area contributed by atoms with Crippen LogP contribution in [0.15, 0.2) is 0 Å². The van der Waals surface area contributed by atoms with E-state index in [1.54, 1.807) is 0 Å². The third-order valence-electron chi connectivity index (χ3n) is 4.38. The second-order valence-corrected chi connectivity index (χ2v) is 6.34. The molecule has 1 saturated carbocycles. The Labute approximate surface area is 124 Å². The average Bonchev–Trinajstić information content (AvgIpc) is 2.68. The Kier molecular flexibility index (Phi) is 8.20. The van der Waals surface area contributed by atoms with Crippen molar-refractivity contribution in [2.45, 2.75) is 96.6 Å². The molecule has 0 heterocycles. The summed E-state index contributed by atoms with van der Waals surface area (Å²) in [6.07, 6.45) is 12.0. The van der Waals surface area contributed by atoms with Crippen LogP contribution in [0, 0.1) is 0 Å². The summed E-state index contributed by atoms with van der Waals surface area (Å²) in [5.41, 5.74) is -0.500. The van der Waals surface area contributed by atoms with Crippen LogP contribution in [0.2, 0.25) is 0 Å². The molecule has 118 valence electrons. The van der Waals surface area contributed by atoms with Crippen LogP contribution in [0.3, 0.4) is 0 Å². The molecule has 3 heteroatoms. The van der Waals surface area contributed by atoms with Crippen LogP contribution in [-0.4, -0.2) is 24.2 Å². The molecule has 1 aliphatic carbocycles. The highest BCUT2D eigenvalue weighted by Gasteiger charge is 2.36. The Balaban J connectivity index is 2.61. The lowest BCUT2D eigenvalue weighted by molar-refractivity contribution is -0.151. The molecule has 1 aliphatic rings. The van der Waals surface area contributed by atoms with Gasteiger partial charge in [0, 0.05) is 6.04 Å². The van der Waals surface area contributed by atoms with Gasteiger partial charge in [0.25, 0.3) is 0 Å². The van der Waals surface area contributed by atoms with E-state index in [1.165, 1.54) is 51.4 Å². The molecule has 0 aromatic heterocycles. The molecule has 0 saturated heterocycles. The molecular weight excluding hydrogens is 250 g/mol. The van der Waals surface area contributed by atoms with Crippen molar-refractivity contribution in [1.29, 1.82) is 0 Å². The van der Waals surface area contributed by atoms with Gasteiger partial charge in [0.1, 0.15) is 5.54 Å². The summed E-state index contributed by atoms with van der Waals surface area (Å²) in [7, 11) is 0. The van der Waals surface area contributed by atoms with Crippen molar-refractivity contribution < 1.29 is 9.53 Å². The highest BCUT2D eigenvalue weighted by molar-refractivity contribution is 5.80. The van der Waals surface area contributed by atoms with E-state index in [0.717, 1.165) is 12.8 Å². The quantitative estimate of drug-likeness (QED) is 0.412. The Morgan fingerprint density at radius 3 is 2.35 bits per heavy atom. The fraction of sp³-hybridized carbons (Fsp3) is 0.941. The van der Waals surface area contributed by atoms with Crippen LogP contribution < -0.4 is 5.32 Å². The molecule has 1 rings (SSSR count). The largest absolute Gasteiger partial charge is 0.465 e. The Bertz CT molecular complexity index is 272. The van der Waals surface area contributed by atoms with Gasteiger partial charge >= 0.3 is 5.97 Å². The molecule has 0 amide bonds. The summed E-state index contributed by atoms with van der Waals surface area (Å²) in [5.74, 6) is -0.0691. The van der Waals surface area contributed by atoms with Crippen molar-refractivity contribution in [2.24, 2.45) is 0 Å². The third-order valence-corrected chi connectivity index (χ3v) is 4.38. The summed E-state index contributed by atoms with van der Waals surface area (Å²) in [4.78, 5) is 12.3. The Morgan fingerprint density at radius 1 is 1.15 bits per heavy atom. The van der Waals surface area contributed by atoms with E-state index in [4.69, 9.17) is 4.74 Å². The van der Waals surface area contributed by atoms with E-state index in [2.05, 4.69) is 12.2 Å². The predicted molar refractivity (Wildman–Crippen MR) is 83.8 cm³/mol. The summed E-state index contributed by atoms with van der Waals surface area (Å²) in [5, 5.41) is 3.64. The maximum atomic E-state index is 12.3. The van der Waals surface area contributed by atoms with Gasteiger partial charge in [0.05, 0.1) is 6.61 Å². The van der Waals surface area contributed by atoms with E-state index in [9.17, 15) is 4.79 Å². The van der Waals surface area contributed by atoms with E-state index in [-0.39, 0.29) is 5.97 Å². The molecule has 0 aromatic carbocycles. The van der Waals surface area contributed by atoms with Crippen molar-refractivity contribution in [3.8, 4) is 0 Å². The zero-order valence-electron chi connectivity index (χ0n) is 13.7. The molecule has 1 atom stereocenters. The lowest BCUT2D eigenvalue weighted by atomic mass is 9.92. The molecule has 20 heavy (non-hydrogen) atoms. The van der Waals surface area contributed by atoms with Crippen LogP contribution in [0.4, 0.5) is 0 Å². The summed E-state index contributed by atoms with van der Waals surface area (Å²) >= 11 is 0. The van der Waals surface area contributed by atoms with Gasteiger partial charge in [0.15, 0.2) is 0 Å². The molecule has 0 aromatic rings. The lowest BCUT2D eigenvalue weighted by Crippen LogP contribution is -2.54. The second-order valence-electron chi connectivity index (χ2n) is 6.34. The first-order valence-corrected chi connectivity index (χ1v) is 8.57. The van der Waals surface area contributed by atoms with Crippen LogP contribution in [0.1, 0.15) is 85.0 Å². The Morgan fingerprint density at radius 2 is 1.80 bits per heavy atom. The number of hydrogen-bond donors (Lipinski definition) is 1. The van der Waals surface area contributed by atoms with Crippen molar-refractivity contribution >= 4 is 5.97 Å². The van der Waals surface area contributed by atoms with Gasteiger partial charge in [-0.15, -0.1) is 0 Å². The molecule has 1 N–H and O–H groups in total. The lowest BCUT2D eigenvalue weighted by Gasteiger charge is -2.33. The van der Waals surface area contributed by atoms with Crippen molar-refractivity contribution in [1.82, 2.24) is 5.32 Å². The van der Waals surface area contributed by atoms with Gasteiger partial charge in [0.2, 0.25) is 0 Å². The average molecular weight is 283 g/mol. The Hall–Kier alpha value is -0.570. The highest BCUT2D eigenvalue weighted by atomic mass is 16.5. The van der Waals surface area contributed by atoms with E-state index in [0.29, 0.717) is 12.6 Å². The summed E-state index contributed by atoms with van der Waals surface area (Å²) < 4.78 is 5.31. The predicted octanol–water partition coefficient (Wildman–Crippen LogP) is 4.20. The number of esters is 1. The fourth-order valence-corrected chi connectivity index (χ4v) is 3.13. The van der Waals surface area contributed by atoms with Crippen molar-refractivity contribution in [3.05, 3.63) is 0 Å². The molecule has 3 nitrogen and oxygen atoms in total. The van der Waals surface area contributed by atoms with E-state index < -0.39 is 5.54 Å². The van der Waals surface area contributed by atoms with Gasteiger partial charge in [-0.2, -0.15) is 0 Å². The van der Waals surface area contributed by atoms with Crippen molar-refractivity contribution in [2.75, 3.05) is 6.61 Å². The van der Waals surface area contributed by atoms with Gasteiger partial charge < -0.3 is 4.74 Å². The minimum atomic E-state index is -0.500. The molecular formula is C17H33NO2. The zero-order chi connectivity index (χ0) is 14.8. The first-order chi connectivity index (χ1) is 9.62. The van der Waals surface area contributed by atoms with Gasteiger partial charge in [-0.25, -0.2) is 0 Å². The van der Waals surface area contributed by atoms with Crippen LogP contribution in [0.5, 0.6) is 0 Å². The van der Waals surface area contributed by atoms with Crippen LogP contribution in [0.25, 0.3) is 0 Å². The second kappa shape index (κ2) is 9.38. The first kappa shape index (κ1) is 17.5. The molecule has 0 radical (unpaired) electrons. The monoisotopic (exact) mass is 283 g/mol. The van der Waals surface area contributed by atoms with Crippen molar-refractivity contribution in [3.63, 3.8) is 0 Å². The zero-order valence-corrected chi connectivity index (χ0v) is 13.7. The number of unbranched alkanes of at least 4 members (excludes halogenated alkanes) is 2. The summed E-state index contributed by atoms with van der Waals surface area (Å²) in [6.45, 7) is 6.58. The van der Waals surface area contributed by atoms with Gasteiger partial charge in [-0.3, -0.25) is 10.1 Å². The number of rotatable bonds is 8. The highest BCUT2D eigenvalue weighted by Crippen LogP contribution is 2.23. The van der Waals surface area contributed by atoms with Gasteiger partial charge in [-0.05, 0) is 33.1 Å². The first-order valence-electron chi connectivity index (χ1n) is 8.57. The van der Waals surface area contributed by atoms with E-state index >= 15 is 0 Å².